The van der Waals surface area contributed by atoms with E-state index < -0.39 is 0 Å². The van der Waals surface area contributed by atoms with Gasteiger partial charge in [0.1, 0.15) is 5.75 Å². The highest BCUT2D eigenvalue weighted by Crippen LogP contribution is 2.27. The van der Waals surface area contributed by atoms with E-state index in [9.17, 15) is 4.79 Å². The second-order valence-electron chi connectivity index (χ2n) is 7.40. The summed E-state index contributed by atoms with van der Waals surface area (Å²) in [6, 6.07) is 11.8. The van der Waals surface area contributed by atoms with Gasteiger partial charge in [0.05, 0.1) is 13.2 Å². The third-order valence-electron chi connectivity index (χ3n) is 5.43. The molecule has 1 fully saturated rings. The summed E-state index contributed by atoms with van der Waals surface area (Å²) in [6.07, 6.45) is 4.99. The minimum absolute atomic E-state index is 0.0237. The molecule has 0 spiro atoms. The number of benzene rings is 1. The van der Waals surface area contributed by atoms with E-state index in [0.717, 1.165) is 29.7 Å². The van der Waals surface area contributed by atoms with E-state index in [0.29, 0.717) is 25.0 Å². The van der Waals surface area contributed by atoms with Crippen LogP contribution in [0.15, 0.2) is 53.2 Å². The number of hydrogen-bond donors (Lipinski definition) is 1. The van der Waals surface area contributed by atoms with Crippen LogP contribution >= 0.6 is 0 Å². The number of nitrogens with one attached hydrogen (secondary N) is 1. The van der Waals surface area contributed by atoms with Crippen molar-refractivity contribution in [2.75, 3.05) is 25.1 Å². The van der Waals surface area contributed by atoms with Gasteiger partial charge in [0.25, 0.3) is 0 Å². The third-order valence-corrected chi connectivity index (χ3v) is 5.43. The van der Waals surface area contributed by atoms with E-state index in [2.05, 4.69) is 20.5 Å². The summed E-state index contributed by atoms with van der Waals surface area (Å²) in [4.78, 5) is 18.8. The molecule has 156 valence electrons. The van der Waals surface area contributed by atoms with Crippen molar-refractivity contribution in [3.8, 4) is 17.2 Å². The molecule has 0 unspecified atom stereocenters. The molecule has 0 saturated carbocycles. The number of hydrogen-bond acceptors (Lipinski definition) is 7. The first-order chi connectivity index (χ1) is 14.6. The first-order valence-electron chi connectivity index (χ1n) is 10.1. The Bertz CT molecular complexity index is 966. The van der Waals surface area contributed by atoms with Gasteiger partial charge in [-0.2, -0.15) is 0 Å². The van der Waals surface area contributed by atoms with Gasteiger partial charge in [0.15, 0.2) is 0 Å². The Morgan fingerprint density at radius 1 is 1.20 bits per heavy atom. The van der Waals surface area contributed by atoms with Gasteiger partial charge < -0.3 is 19.4 Å². The number of nitrogens with zero attached hydrogens (tertiary/aromatic N) is 4. The van der Waals surface area contributed by atoms with Gasteiger partial charge in [-0.1, -0.05) is 11.2 Å². The molecule has 0 radical (unpaired) electrons. The summed E-state index contributed by atoms with van der Waals surface area (Å²) in [6.45, 7) is 3.37. The number of pyridine rings is 1. The van der Waals surface area contributed by atoms with Gasteiger partial charge in [-0.25, -0.2) is 0 Å². The number of piperidine rings is 1. The lowest BCUT2D eigenvalue weighted by Gasteiger charge is -2.30. The molecule has 3 heterocycles. The lowest BCUT2D eigenvalue weighted by molar-refractivity contribution is -0.126. The van der Waals surface area contributed by atoms with Gasteiger partial charge in [0.2, 0.25) is 11.8 Å². The predicted molar refractivity (Wildman–Crippen MR) is 112 cm³/mol. The fraction of sp³-hybridized carbons (Fsp3) is 0.364. The monoisotopic (exact) mass is 407 g/mol. The van der Waals surface area contributed by atoms with Crippen LogP contribution in [-0.4, -0.2) is 41.3 Å². The molecule has 3 aromatic rings. The zero-order valence-corrected chi connectivity index (χ0v) is 17.1. The lowest BCUT2D eigenvalue weighted by atomic mass is 9.95. The van der Waals surface area contributed by atoms with Crippen LogP contribution < -0.4 is 15.0 Å². The van der Waals surface area contributed by atoms with E-state index in [-0.39, 0.29) is 17.9 Å². The van der Waals surface area contributed by atoms with Crippen molar-refractivity contribution < 1.29 is 13.9 Å². The minimum atomic E-state index is -0.0628. The largest absolute Gasteiger partial charge is 0.497 e. The van der Waals surface area contributed by atoms with Gasteiger partial charge in [-0.05, 0) is 55.7 Å². The van der Waals surface area contributed by atoms with Crippen molar-refractivity contribution in [2.45, 2.75) is 25.8 Å². The molecule has 30 heavy (non-hydrogen) atoms. The number of ether oxygens (including phenoxy) is 1. The quantitative estimate of drug-likeness (QED) is 0.670. The van der Waals surface area contributed by atoms with Crippen molar-refractivity contribution in [1.82, 2.24) is 20.5 Å². The summed E-state index contributed by atoms with van der Waals surface area (Å²) in [5.41, 5.74) is 1.84. The maximum Gasteiger partial charge on any atom is 0.318 e. The fourth-order valence-electron chi connectivity index (χ4n) is 3.57. The molecule has 1 amide bonds. The predicted octanol–water partition coefficient (Wildman–Crippen LogP) is 3.23. The van der Waals surface area contributed by atoms with E-state index in [1.165, 1.54) is 0 Å². The van der Waals surface area contributed by atoms with Crippen molar-refractivity contribution in [3.63, 3.8) is 0 Å². The molecule has 1 N–H and O–H groups in total. The van der Waals surface area contributed by atoms with Crippen molar-refractivity contribution in [1.29, 1.82) is 0 Å². The number of amides is 1. The Morgan fingerprint density at radius 3 is 2.63 bits per heavy atom. The number of carbonyl (C=O) groups excluding carboxylic acids is 1. The van der Waals surface area contributed by atoms with Crippen molar-refractivity contribution >= 4 is 11.9 Å². The maximum atomic E-state index is 12.7. The molecule has 1 aromatic carbocycles. The number of rotatable bonds is 6. The number of aromatic nitrogens is 3. The van der Waals surface area contributed by atoms with E-state index in [1.807, 2.05) is 48.2 Å². The zero-order chi connectivity index (χ0) is 20.9. The van der Waals surface area contributed by atoms with Gasteiger partial charge >= 0.3 is 6.01 Å². The second kappa shape index (κ2) is 8.94. The first kappa shape index (κ1) is 19.9. The number of carbonyl (C=O) groups is 1. The smallest absolute Gasteiger partial charge is 0.318 e. The minimum Gasteiger partial charge on any atom is -0.497 e. The molecule has 1 aliphatic heterocycles. The molecule has 1 saturated heterocycles. The molecular weight excluding hydrogens is 382 g/mol. The van der Waals surface area contributed by atoms with Crippen LogP contribution in [0.2, 0.25) is 0 Å². The highest BCUT2D eigenvalue weighted by atomic mass is 16.5. The Balaban J connectivity index is 1.32. The van der Waals surface area contributed by atoms with Crippen LogP contribution in [-0.2, 0) is 4.79 Å². The highest BCUT2D eigenvalue weighted by molar-refractivity contribution is 5.79. The summed E-state index contributed by atoms with van der Waals surface area (Å²) >= 11 is 0. The van der Waals surface area contributed by atoms with Crippen LogP contribution in [0.5, 0.6) is 5.75 Å². The van der Waals surface area contributed by atoms with Crippen molar-refractivity contribution in [3.05, 3.63) is 54.4 Å². The number of methoxy groups -OCH3 is 1. The van der Waals surface area contributed by atoms with Crippen LogP contribution in [0.1, 0.15) is 31.4 Å². The standard InChI is InChI=1S/C22H25N5O3/c1-15(18-4-3-11-23-14-18)24-20(28)16-9-12-27(13-10-16)22-26-25-21(30-22)17-5-7-19(29-2)8-6-17/h3-8,11,14-16H,9-10,12-13H2,1-2H3,(H,24,28)/t15-/m0/s1. The first-order valence-corrected chi connectivity index (χ1v) is 10.1. The average molecular weight is 407 g/mol. The Morgan fingerprint density at radius 2 is 1.97 bits per heavy atom. The molecule has 1 aliphatic rings. The van der Waals surface area contributed by atoms with Gasteiger partial charge in [0, 0.05) is 37.0 Å². The van der Waals surface area contributed by atoms with E-state index in [4.69, 9.17) is 9.15 Å². The molecular formula is C22H25N5O3. The molecule has 4 rings (SSSR count). The van der Waals surface area contributed by atoms with Crippen LogP contribution in [0.25, 0.3) is 11.5 Å². The van der Waals surface area contributed by atoms with Crippen LogP contribution in [0.3, 0.4) is 0 Å². The molecule has 2 aromatic heterocycles. The number of anilines is 1. The van der Waals surface area contributed by atoms with Crippen LogP contribution in [0.4, 0.5) is 6.01 Å². The maximum absolute atomic E-state index is 12.7. The Kier molecular flexibility index (Phi) is 5.92. The second-order valence-corrected chi connectivity index (χ2v) is 7.40. The van der Waals surface area contributed by atoms with Crippen LogP contribution in [0, 0.1) is 5.92 Å². The molecule has 8 heteroatoms. The van der Waals surface area contributed by atoms with Gasteiger partial charge in [-0.15, -0.1) is 5.10 Å². The lowest BCUT2D eigenvalue weighted by Crippen LogP contribution is -2.41. The molecule has 8 nitrogen and oxygen atoms in total. The Hall–Kier alpha value is -3.42. The topological polar surface area (TPSA) is 93.4 Å². The summed E-state index contributed by atoms with van der Waals surface area (Å²) in [5.74, 6) is 1.30. The molecule has 0 aliphatic carbocycles. The summed E-state index contributed by atoms with van der Waals surface area (Å²) in [5, 5.41) is 11.4. The average Bonchev–Trinajstić information content (AvgIpc) is 3.30. The molecule has 1 atom stereocenters. The summed E-state index contributed by atoms with van der Waals surface area (Å²) < 4.78 is 11.0. The van der Waals surface area contributed by atoms with Gasteiger partial charge in [-0.3, -0.25) is 9.78 Å². The van der Waals surface area contributed by atoms with E-state index >= 15 is 0 Å². The highest BCUT2D eigenvalue weighted by Gasteiger charge is 2.28. The van der Waals surface area contributed by atoms with Crippen molar-refractivity contribution in [2.24, 2.45) is 5.92 Å². The zero-order valence-electron chi connectivity index (χ0n) is 17.1. The molecule has 0 bridgehead atoms. The fourth-order valence-corrected chi connectivity index (χ4v) is 3.57. The normalized spacial score (nSPS) is 15.6. The third kappa shape index (κ3) is 4.42. The SMILES string of the molecule is COc1ccc(-c2nnc(N3CCC(C(=O)N[C@@H](C)c4cccnc4)CC3)o2)cc1. The summed E-state index contributed by atoms with van der Waals surface area (Å²) in [7, 11) is 1.63. The Labute approximate surface area is 175 Å². The van der Waals surface area contributed by atoms with E-state index in [1.54, 1.807) is 19.5 Å².